The minimum atomic E-state index is -1.19. The van der Waals surface area contributed by atoms with Gasteiger partial charge in [-0.05, 0) is 25.1 Å². The van der Waals surface area contributed by atoms with Crippen LogP contribution in [0.4, 0.5) is 11.4 Å². The highest BCUT2D eigenvalue weighted by Crippen LogP contribution is 2.38. The van der Waals surface area contributed by atoms with Crippen LogP contribution >= 0.6 is 11.6 Å². The van der Waals surface area contributed by atoms with Gasteiger partial charge in [0.2, 0.25) is 5.75 Å². The van der Waals surface area contributed by atoms with Crippen molar-refractivity contribution >= 4 is 34.9 Å². The molecule has 11 heteroatoms. The van der Waals surface area contributed by atoms with Crippen LogP contribution in [0.25, 0.3) is 0 Å². The summed E-state index contributed by atoms with van der Waals surface area (Å²) in [6.45, 7) is 1.37. The number of halogens is 1. The fourth-order valence-corrected chi connectivity index (χ4v) is 2.66. The third-order valence-electron chi connectivity index (χ3n) is 3.97. The smallest absolute Gasteiger partial charge is 0.339 e. The summed E-state index contributed by atoms with van der Waals surface area (Å²) >= 11 is 5.95. The molecule has 0 aliphatic rings. The quantitative estimate of drug-likeness (QED) is 0.377. The van der Waals surface area contributed by atoms with E-state index in [2.05, 4.69) is 5.32 Å². The van der Waals surface area contributed by atoms with Crippen LogP contribution in [-0.2, 0) is 9.53 Å². The molecule has 10 nitrogen and oxygen atoms in total. The maximum Gasteiger partial charge on any atom is 0.339 e. The average Bonchev–Trinajstić information content (AvgIpc) is 2.73. The van der Waals surface area contributed by atoms with E-state index >= 15 is 0 Å². The highest BCUT2D eigenvalue weighted by molar-refractivity contribution is 6.34. The van der Waals surface area contributed by atoms with Gasteiger partial charge in [-0.3, -0.25) is 14.9 Å². The largest absolute Gasteiger partial charge is 0.493 e. The summed E-state index contributed by atoms with van der Waals surface area (Å²) in [5, 5.41) is 13.2. The fourth-order valence-electron chi connectivity index (χ4n) is 2.43. The molecule has 0 aromatic heterocycles. The van der Waals surface area contributed by atoms with E-state index in [1.54, 1.807) is 0 Å². The van der Waals surface area contributed by atoms with Crippen molar-refractivity contribution in [3.05, 3.63) is 51.0 Å². The molecule has 0 heterocycles. The zero-order valence-corrected chi connectivity index (χ0v) is 17.3. The van der Waals surface area contributed by atoms with E-state index in [-0.39, 0.29) is 33.5 Å². The van der Waals surface area contributed by atoms with Gasteiger partial charge in [-0.2, -0.15) is 0 Å². The predicted molar refractivity (Wildman–Crippen MR) is 108 cm³/mol. The number of hydrogen-bond donors (Lipinski definition) is 1. The SMILES string of the molecule is COc1cc(C(=O)OC(C)C(=O)Nc2ccc([N+](=O)[O-])cc2Cl)cc(OC)c1OC. The van der Waals surface area contributed by atoms with Gasteiger partial charge in [0.1, 0.15) is 0 Å². The van der Waals surface area contributed by atoms with Crippen LogP contribution in [0.5, 0.6) is 17.2 Å². The molecule has 0 fully saturated rings. The Bertz CT molecular complexity index is 954. The second kappa shape index (κ2) is 9.79. The summed E-state index contributed by atoms with van der Waals surface area (Å²) in [7, 11) is 4.22. The zero-order valence-electron chi connectivity index (χ0n) is 16.6. The lowest BCUT2D eigenvalue weighted by Gasteiger charge is -2.16. The molecule has 2 rings (SSSR count). The van der Waals surface area contributed by atoms with Crippen LogP contribution in [0.15, 0.2) is 30.3 Å². The maximum atomic E-state index is 12.5. The molecule has 0 spiro atoms. The molecule has 2 aromatic carbocycles. The van der Waals surface area contributed by atoms with Crippen LogP contribution in [0, 0.1) is 10.1 Å². The first kappa shape index (κ1) is 22.8. The normalized spacial score (nSPS) is 11.2. The maximum absolute atomic E-state index is 12.5. The van der Waals surface area contributed by atoms with Gasteiger partial charge in [0, 0.05) is 12.1 Å². The molecule has 1 amide bonds. The zero-order chi connectivity index (χ0) is 22.4. The molecule has 1 N–H and O–H groups in total. The Balaban J connectivity index is 2.14. The minimum Gasteiger partial charge on any atom is -0.493 e. The van der Waals surface area contributed by atoms with Crippen molar-refractivity contribution in [3.63, 3.8) is 0 Å². The van der Waals surface area contributed by atoms with Crippen LogP contribution in [0.2, 0.25) is 5.02 Å². The number of amides is 1. The predicted octanol–water partition coefficient (Wildman–Crippen LogP) is 3.46. The Hall–Kier alpha value is -3.53. The van der Waals surface area contributed by atoms with Crippen molar-refractivity contribution in [1.29, 1.82) is 0 Å². The number of esters is 1. The van der Waals surface area contributed by atoms with Gasteiger partial charge in [0.05, 0.1) is 42.5 Å². The number of nitrogens with one attached hydrogen (secondary N) is 1. The number of hydrogen-bond acceptors (Lipinski definition) is 8. The molecule has 2 aromatic rings. The number of nitrogens with zero attached hydrogens (tertiary/aromatic N) is 1. The van der Waals surface area contributed by atoms with Crippen LogP contribution in [0.1, 0.15) is 17.3 Å². The molecular formula is C19H19ClN2O8. The second-order valence-electron chi connectivity index (χ2n) is 5.87. The Kier molecular flexibility index (Phi) is 7.43. The Morgan fingerprint density at radius 2 is 1.67 bits per heavy atom. The first-order valence-electron chi connectivity index (χ1n) is 8.47. The van der Waals surface area contributed by atoms with Crippen LogP contribution in [0.3, 0.4) is 0 Å². The number of ether oxygens (including phenoxy) is 4. The number of benzene rings is 2. The Labute approximate surface area is 176 Å². The van der Waals surface area contributed by atoms with Gasteiger partial charge in [0.25, 0.3) is 11.6 Å². The van der Waals surface area contributed by atoms with Crippen molar-refractivity contribution < 1.29 is 33.5 Å². The number of rotatable bonds is 8. The molecule has 0 bridgehead atoms. The summed E-state index contributed by atoms with van der Waals surface area (Å²) in [6, 6.07) is 6.35. The lowest BCUT2D eigenvalue weighted by Crippen LogP contribution is -2.30. The molecule has 0 aliphatic heterocycles. The van der Waals surface area contributed by atoms with Crippen molar-refractivity contribution in [1.82, 2.24) is 0 Å². The van der Waals surface area contributed by atoms with Gasteiger partial charge in [-0.25, -0.2) is 4.79 Å². The Morgan fingerprint density at radius 1 is 1.07 bits per heavy atom. The first-order valence-corrected chi connectivity index (χ1v) is 8.85. The molecule has 0 aliphatic carbocycles. The number of carbonyl (C=O) groups excluding carboxylic acids is 2. The number of non-ortho nitro benzene ring substituents is 1. The van der Waals surface area contributed by atoms with E-state index in [9.17, 15) is 19.7 Å². The van der Waals surface area contributed by atoms with Gasteiger partial charge >= 0.3 is 5.97 Å². The van der Waals surface area contributed by atoms with E-state index < -0.39 is 22.9 Å². The topological polar surface area (TPSA) is 126 Å². The number of nitro benzene ring substituents is 1. The number of carbonyl (C=O) groups is 2. The average molecular weight is 439 g/mol. The van der Waals surface area contributed by atoms with Gasteiger partial charge in [0.15, 0.2) is 17.6 Å². The molecule has 0 radical (unpaired) electrons. The van der Waals surface area contributed by atoms with Crippen molar-refractivity contribution in [2.45, 2.75) is 13.0 Å². The molecule has 160 valence electrons. The van der Waals surface area contributed by atoms with Crippen molar-refractivity contribution in [3.8, 4) is 17.2 Å². The third kappa shape index (κ3) is 5.09. The number of anilines is 1. The standard InChI is InChI=1S/C19H19ClN2O8/c1-10(18(23)21-14-6-5-12(22(25)26)9-13(14)20)30-19(24)11-7-15(27-2)17(29-4)16(8-11)28-3/h5-10H,1-4H3,(H,21,23). The van der Waals surface area contributed by atoms with E-state index in [0.29, 0.717) is 5.75 Å². The monoisotopic (exact) mass is 438 g/mol. The third-order valence-corrected chi connectivity index (χ3v) is 4.29. The summed E-state index contributed by atoms with van der Waals surface area (Å²) < 4.78 is 20.8. The van der Waals surface area contributed by atoms with Gasteiger partial charge in [-0.1, -0.05) is 11.6 Å². The minimum absolute atomic E-state index is 0.0271. The lowest BCUT2D eigenvalue weighted by molar-refractivity contribution is -0.384. The van der Waals surface area contributed by atoms with E-state index in [1.807, 2.05) is 0 Å². The summed E-state index contributed by atoms with van der Waals surface area (Å²) in [6.07, 6.45) is -1.19. The molecular weight excluding hydrogens is 420 g/mol. The molecule has 0 saturated carbocycles. The highest BCUT2D eigenvalue weighted by Gasteiger charge is 2.23. The van der Waals surface area contributed by atoms with Gasteiger partial charge < -0.3 is 24.3 Å². The van der Waals surface area contributed by atoms with E-state index in [1.165, 1.54) is 52.5 Å². The van der Waals surface area contributed by atoms with E-state index in [0.717, 1.165) is 6.07 Å². The first-order chi connectivity index (χ1) is 14.2. The van der Waals surface area contributed by atoms with Gasteiger partial charge in [-0.15, -0.1) is 0 Å². The number of nitro groups is 1. The van der Waals surface area contributed by atoms with Crippen molar-refractivity contribution in [2.24, 2.45) is 0 Å². The molecule has 30 heavy (non-hydrogen) atoms. The fraction of sp³-hybridized carbons (Fsp3) is 0.263. The molecule has 1 unspecified atom stereocenters. The Morgan fingerprint density at radius 3 is 2.13 bits per heavy atom. The van der Waals surface area contributed by atoms with Crippen LogP contribution in [-0.4, -0.2) is 44.2 Å². The van der Waals surface area contributed by atoms with Crippen LogP contribution < -0.4 is 19.5 Å². The van der Waals surface area contributed by atoms with Crippen molar-refractivity contribution in [2.75, 3.05) is 26.6 Å². The molecule has 1 atom stereocenters. The number of methoxy groups -OCH3 is 3. The lowest BCUT2D eigenvalue weighted by atomic mass is 10.2. The van der Waals surface area contributed by atoms with E-state index in [4.69, 9.17) is 30.5 Å². The summed E-state index contributed by atoms with van der Waals surface area (Å²) in [4.78, 5) is 35.0. The molecule has 0 saturated heterocycles. The summed E-state index contributed by atoms with van der Waals surface area (Å²) in [5.74, 6) is -0.675. The second-order valence-corrected chi connectivity index (χ2v) is 6.28. The summed E-state index contributed by atoms with van der Waals surface area (Å²) in [5.41, 5.74) is 0.000320. The highest BCUT2D eigenvalue weighted by atomic mass is 35.5.